The van der Waals surface area contributed by atoms with Gasteiger partial charge in [0.25, 0.3) is 5.91 Å². The molecule has 0 bridgehead atoms. The average Bonchev–Trinajstić information content (AvgIpc) is 3.04. The van der Waals surface area contributed by atoms with E-state index in [9.17, 15) is 4.79 Å². The summed E-state index contributed by atoms with van der Waals surface area (Å²) in [4.78, 5) is 12.4. The minimum Gasteiger partial charge on any atom is -0.349 e. The number of carbonyl (C=O) groups is 1. The van der Waals surface area contributed by atoms with Crippen LogP contribution in [-0.2, 0) is 9.47 Å². The molecular formula is C11H15N3O3S. The molecule has 18 heavy (non-hydrogen) atoms. The quantitative estimate of drug-likeness (QED) is 0.865. The van der Waals surface area contributed by atoms with Crippen molar-refractivity contribution in [1.82, 2.24) is 14.9 Å². The Bertz CT molecular complexity index is 407. The van der Waals surface area contributed by atoms with E-state index in [1.165, 1.54) is 6.20 Å². The highest BCUT2D eigenvalue weighted by Gasteiger charge is 2.40. The number of rotatable bonds is 2. The van der Waals surface area contributed by atoms with E-state index in [1.807, 2.05) is 0 Å². The van der Waals surface area contributed by atoms with Crippen molar-refractivity contribution < 1.29 is 14.3 Å². The average molecular weight is 269 g/mol. The molecule has 1 saturated heterocycles. The summed E-state index contributed by atoms with van der Waals surface area (Å²) in [5.74, 6) is -0.452. The molecule has 3 rings (SSSR count). The molecule has 1 N–H and O–H groups in total. The van der Waals surface area contributed by atoms with Crippen molar-refractivity contribution in [2.24, 2.45) is 0 Å². The Balaban J connectivity index is 1.52. The molecule has 98 valence electrons. The van der Waals surface area contributed by atoms with Crippen molar-refractivity contribution in [3.8, 4) is 0 Å². The van der Waals surface area contributed by atoms with Crippen LogP contribution in [-0.4, -0.2) is 40.5 Å². The zero-order valence-electron chi connectivity index (χ0n) is 9.92. The van der Waals surface area contributed by atoms with Gasteiger partial charge in [0.05, 0.1) is 19.4 Å². The van der Waals surface area contributed by atoms with Gasteiger partial charge in [-0.25, -0.2) is 0 Å². The molecule has 1 saturated carbocycles. The first-order valence-electron chi connectivity index (χ1n) is 6.14. The van der Waals surface area contributed by atoms with E-state index in [0.29, 0.717) is 18.1 Å². The Morgan fingerprint density at radius 3 is 2.72 bits per heavy atom. The Morgan fingerprint density at radius 1 is 1.39 bits per heavy atom. The SMILES string of the molecule is O=C(NC1CCC2(CC1)OCCO2)c1cnns1. The van der Waals surface area contributed by atoms with Gasteiger partial charge >= 0.3 is 0 Å². The van der Waals surface area contributed by atoms with Gasteiger partial charge in [0.15, 0.2) is 5.79 Å². The van der Waals surface area contributed by atoms with Gasteiger partial charge in [0.1, 0.15) is 4.88 Å². The van der Waals surface area contributed by atoms with E-state index in [1.54, 1.807) is 0 Å². The van der Waals surface area contributed by atoms with Crippen molar-refractivity contribution in [3.05, 3.63) is 11.1 Å². The fraction of sp³-hybridized carbons (Fsp3) is 0.727. The van der Waals surface area contributed by atoms with Crippen molar-refractivity contribution in [2.45, 2.75) is 37.5 Å². The lowest BCUT2D eigenvalue weighted by atomic mass is 9.90. The minimum absolute atomic E-state index is 0.0841. The van der Waals surface area contributed by atoms with E-state index < -0.39 is 0 Å². The molecule has 1 spiro atoms. The first-order valence-corrected chi connectivity index (χ1v) is 6.91. The van der Waals surface area contributed by atoms with Crippen LogP contribution < -0.4 is 5.32 Å². The summed E-state index contributed by atoms with van der Waals surface area (Å²) >= 11 is 1.12. The predicted octanol–water partition coefficient (Wildman–Crippen LogP) is 0.954. The number of hydrogen-bond donors (Lipinski definition) is 1. The molecule has 1 aromatic rings. The molecule has 2 heterocycles. The smallest absolute Gasteiger partial charge is 0.264 e. The van der Waals surface area contributed by atoms with Gasteiger partial charge in [0.2, 0.25) is 0 Å². The van der Waals surface area contributed by atoms with Gasteiger partial charge in [-0.05, 0) is 24.4 Å². The predicted molar refractivity (Wildman–Crippen MR) is 64.3 cm³/mol. The van der Waals surface area contributed by atoms with Crippen LogP contribution in [0.4, 0.5) is 0 Å². The zero-order valence-corrected chi connectivity index (χ0v) is 10.7. The lowest BCUT2D eigenvalue weighted by molar-refractivity contribution is -0.179. The highest BCUT2D eigenvalue weighted by atomic mass is 32.1. The van der Waals surface area contributed by atoms with E-state index >= 15 is 0 Å². The normalized spacial score (nSPS) is 23.3. The van der Waals surface area contributed by atoms with Crippen LogP contribution in [0.25, 0.3) is 0 Å². The molecule has 0 unspecified atom stereocenters. The van der Waals surface area contributed by atoms with Crippen molar-refractivity contribution in [2.75, 3.05) is 13.2 Å². The molecule has 1 aromatic heterocycles. The van der Waals surface area contributed by atoms with Crippen molar-refractivity contribution >= 4 is 17.4 Å². The van der Waals surface area contributed by atoms with Crippen LogP contribution >= 0.6 is 11.5 Å². The Kier molecular flexibility index (Phi) is 3.27. The standard InChI is InChI=1S/C11H15N3O3S/c15-10(9-7-12-14-18-9)13-8-1-3-11(4-2-8)16-5-6-17-11/h7-8H,1-6H2,(H,13,15). The van der Waals surface area contributed by atoms with Gasteiger partial charge < -0.3 is 14.8 Å². The molecular weight excluding hydrogens is 254 g/mol. The molecule has 1 aliphatic heterocycles. The highest BCUT2D eigenvalue weighted by molar-refractivity contribution is 7.07. The van der Waals surface area contributed by atoms with Gasteiger partial charge in [-0.2, -0.15) is 0 Å². The second kappa shape index (κ2) is 4.91. The summed E-state index contributed by atoms with van der Waals surface area (Å²) < 4.78 is 15.0. The van der Waals surface area contributed by atoms with Crippen LogP contribution in [0.2, 0.25) is 0 Å². The van der Waals surface area contributed by atoms with E-state index in [2.05, 4.69) is 14.9 Å². The number of hydrogen-bond acceptors (Lipinski definition) is 6. The summed E-state index contributed by atoms with van der Waals surface area (Å²) in [6, 6.07) is 0.193. The van der Waals surface area contributed by atoms with Crippen molar-refractivity contribution in [1.29, 1.82) is 0 Å². The highest BCUT2D eigenvalue weighted by Crippen LogP contribution is 2.35. The lowest BCUT2D eigenvalue weighted by Gasteiger charge is -2.35. The van der Waals surface area contributed by atoms with Crippen LogP contribution in [0.15, 0.2) is 6.20 Å². The zero-order chi connectivity index (χ0) is 12.4. The Labute approximate surface area is 109 Å². The van der Waals surface area contributed by atoms with Gasteiger partial charge in [-0.1, -0.05) is 4.49 Å². The summed E-state index contributed by atoms with van der Waals surface area (Å²) in [5.41, 5.74) is 0. The van der Waals surface area contributed by atoms with Crippen molar-refractivity contribution in [3.63, 3.8) is 0 Å². The number of nitrogens with one attached hydrogen (secondary N) is 1. The number of ether oxygens (including phenoxy) is 2. The monoisotopic (exact) mass is 269 g/mol. The third-order valence-corrected chi connectivity index (χ3v) is 4.14. The van der Waals surface area contributed by atoms with Gasteiger partial charge in [-0.15, -0.1) is 5.10 Å². The fourth-order valence-electron chi connectivity index (χ4n) is 2.51. The molecule has 1 aliphatic carbocycles. The van der Waals surface area contributed by atoms with Crippen LogP contribution in [0.5, 0.6) is 0 Å². The third kappa shape index (κ3) is 2.38. The largest absolute Gasteiger partial charge is 0.349 e. The third-order valence-electron chi connectivity index (χ3n) is 3.48. The lowest BCUT2D eigenvalue weighted by Crippen LogP contribution is -2.43. The topological polar surface area (TPSA) is 73.3 Å². The molecule has 0 atom stereocenters. The summed E-state index contributed by atoms with van der Waals surface area (Å²) in [7, 11) is 0. The fourth-order valence-corrected chi connectivity index (χ4v) is 2.93. The molecule has 7 heteroatoms. The summed E-state index contributed by atoms with van der Waals surface area (Å²) in [6.45, 7) is 1.37. The molecule has 6 nitrogen and oxygen atoms in total. The maximum absolute atomic E-state index is 11.8. The number of amides is 1. The second-order valence-corrected chi connectivity index (χ2v) is 5.42. The molecule has 0 radical (unpaired) electrons. The first kappa shape index (κ1) is 12.0. The molecule has 0 aromatic carbocycles. The van der Waals surface area contributed by atoms with Crippen LogP contribution in [0.1, 0.15) is 35.4 Å². The maximum atomic E-state index is 11.8. The summed E-state index contributed by atoms with van der Waals surface area (Å²) in [5, 5.41) is 6.67. The van der Waals surface area contributed by atoms with Crippen LogP contribution in [0, 0.1) is 0 Å². The van der Waals surface area contributed by atoms with E-state index in [-0.39, 0.29) is 17.7 Å². The Morgan fingerprint density at radius 2 is 2.11 bits per heavy atom. The maximum Gasteiger partial charge on any atom is 0.264 e. The van der Waals surface area contributed by atoms with E-state index in [0.717, 1.165) is 37.2 Å². The number of carbonyl (C=O) groups excluding carboxylic acids is 1. The summed E-state index contributed by atoms with van der Waals surface area (Å²) in [6.07, 6.45) is 4.96. The molecule has 2 aliphatic rings. The molecule has 1 amide bonds. The molecule has 2 fully saturated rings. The van der Waals surface area contributed by atoms with Crippen LogP contribution in [0.3, 0.4) is 0 Å². The Hall–Kier alpha value is -1.05. The number of aromatic nitrogens is 2. The number of nitrogens with zero attached hydrogens (tertiary/aromatic N) is 2. The van der Waals surface area contributed by atoms with Gasteiger partial charge in [0, 0.05) is 18.9 Å². The minimum atomic E-state index is -0.368. The van der Waals surface area contributed by atoms with E-state index in [4.69, 9.17) is 9.47 Å². The van der Waals surface area contributed by atoms with Gasteiger partial charge in [-0.3, -0.25) is 4.79 Å². The first-order chi connectivity index (χ1) is 8.77. The second-order valence-electron chi connectivity index (χ2n) is 4.64.